The topological polar surface area (TPSA) is 39.7 Å². The zero-order chi connectivity index (χ0) is 13.9. The first-order chi connectivity index (χ1) is 9.31. The normalized spacial score (nSPS) is 10.2. The van der Waals surface area contributed by atoms with E-state index in [1.54, 1.807) is 7.11 Å². The molecule has 0 saturated heterocycles. The van der Waals surface area contributed by atoms with Crippen LogP contribution in [0.5, 0.6) is 11.5 Å². The molecule has 0 atom stereocenters. The number of ether oxygens (including phenoxy) is 3. The molecule has 0 radical (unpaired) electrons. The van der Waals surface area contributed by atoms with E-state index < -0.39 is 0 Å². The summed E-state index contributed by atoms with van der Waals surface area (Å²) < 4.78 is 16.2. The van der Waals surface area contributed by atoms with E-state index in [0.717, 1.165) is 30.2 Å². The Morgan fingerprint density at radius 1 is 1.26 bits per heavy atom. The third-order valence-electron chi connectivity index (χ3n) is 2.54. The molecule has 19 heavy (non-hydrogen) atoms. The van der Waals surface area contributed by atoms with Crippen molar-refractivity contribution in [2.45, 2.75) is 13.5 Å². The molecule has 106 valence electrons. The van der Waals surface area contributed by atoms with Crippen molar-refractivity contribution in [2.24, 2.45) is 0 Å². The van der Waals surface area contributed by atoms with Crippen LogP contribution in [0.3, 0.4) is 0 Å². The maximum atomic E-state index is 5.62. The number of hydrogen-bond acceptors (Lipinski definition) is 4. The van der Waals surface area contributed by atoms with Crippen molar-refractivity contribution in [1.29, 1.82) is 0 Å². The highest BCUT2D eigenvalue weighted by atomic mass is 16.5. The second-order valence-corrected chi connectivity index (χ2v) is 3.95. The van der Waals surface area contributed by atoms with Crippen LogP contribution in [-0.4, -0.2) is 33.5 Å². The Kier molecular flexibility index (Phi) is 7.70. The van der Waals surface area contributed by atoms with Crippen LogP contribution >= 0.6 is 0 Å². The fourth-order valence-corrected chi connectivity index (χ4v) is 1.61. The molecule has 0 aliphatic carbocycles. The summed E-state index contributed by atoms with van der Waals surface area (Å²) in [6.45, 7) is 9.01. The SMILES string of the molecule is C=CCNCc1ccc(OCCOCC)c(OC)c1. The van der Waals surface area contributed by atoms with E-state index in [1.807, 2.05) is 31.2 Å². The quantitative estimate of drug-likeness (QED) is 0.521. The molecule has 0 saturated carbocycles. The molecule has 0 unspecified atom stereocenters. The Labute approximate surface area is 115 Å². The summed E-state index contributed by atoms with van der Waals surface area (Å²) in [5.74, 6) is 1.49. The van der Waals surface area contributed by atoms with Gasteiger partial charge in [-0.2, -0.15) is 0 Å². The minimum Gasteiger partial charge on any atom is -0.493 e. The number of rotatable bonds is 10. The Bertz CT molecular complexity index is 380. The molecule has 1 rings (SSSR count). The minimum absolute atomic E-state index is 0.526. The first-order valence-electron chi connectivity index (χ1n) is 6.50. The largest absolute Gasteiger partial charge is 0.493 e. The van der Waals surface area contributed by atoms with Crippen LogP contribution < -0.4 is 14.8 Å². The molecule has 0 aliphatic heterocycles. The maximum Gasteiger partial charge on any atom is 0.161 e. The summed E-state index contributed by atoms with van der Waals surface area (Å²) >= 11 is 0. The van der Waals surface area contributed by atoms with Gasteiger partial charge in [-0.15, -0.1) is 6.58 Å². The van der Waals surface area contributed by atoms with Gasteiger partial charge in [0.2, 0.25) is 0 Å². The first kappa shape index (κ1) is 15.5. The van der Waals surface area contributed by atoms with Crippen molar-refractivity contribution in [2.75, 3.05) is 33.5 Å². The fourth-order valence-electron chi connectivity index (χ4n) is 1.61. The predicted octanol–water partition coefficient (Wildman–Crippen LogP) is 2.39. The molecule has 4 nitrogen and oxygen atoms in total. The molecular formula is C15H23NO3. The second-order valence-electron chi connectivity index (χ2n) is 3.95. The summed E-state index contributed by atoms with van der Waals surface area (Å²) in [6.07, 6.45) is 1.84. The highest BCUT2D eigenvalue weighted by Gasteiger charge is 2.05. The smallest absolute Gasteiger partial charge is 0.161 e. The lowest BCUT2D eigenvalue weighted by Gasteiger charge is -2.12. The van der Waals surface area contributed by atoms with Crippen molar-refractivity contribution in [3.63, 3.8) is 0 Å². The Balaban J connectivity index is 2.54. The molecule has 0 spiro atoms. The van der Waals surface area contributed by atoms with Gasteiger partial charge in [-0.1, -0.05) is 12.1 Å². The minimum atomic E-state index is 0.526. The van der Waals surface area contributed by atoms with Gasteiger partial charge >= 0.3 is 0 Å². The molecule has 0 amide bonds. The lowest BCUT2D eigenvalue weighted by Crippen LogP contribution is -2.12. The number of nitrogens with one attached hydrogen (secondary N) is 1. The van der Waals surface area contributed by atoms with Gasteiger partial charge in [-0.3, -0.25) is 0 Å². The lowest BCUT2D eigenvalue weighted by molar-refractivity contribution is 0.109. The Hall–Kier alpha value is -1.52. The van der Waals surface area contributed by atoms with Crippen LogP contribution in [-0.2, 0) is 11.3 Å². The number of methoxy groups -OCH3 is 1. The third kappa shape index (κ3) is 5.77. The van der Waals surface area contributed by atoms with Crippen LogP contribution in [0, 0.1) is 0 Å². The van der Waals surface area contributed by atoms with E-state index in [1.165, 1.54) is 0 Å². The highest BCUT2D eigenvalue weighted by Crippen LogP contribution is 2.27. The molecule has 0 bridgehead atoms. The summed E-state index contributed by atoms with van der Waals surface area (Å²) in [4.78, 5) is 0. The van der Waals surface area contributed by atoms with Crippen LogP contribution in [0.1, 0.15) is 12.5 Å². The molecule has 0 fully saturated rings. The monoisotopic (exact) mass is 265 g/mol. The van der Waals surface area contributed by atoms with Gasteiger partial charge in [0.25, 0.3) is 0 Å². The van der Waals surface area contributed by atoms with Gasteiger partial charge in [0.1, 0.15) is 6.61 Å². The van der Waals surface area contributed by atoms with E-state index in [-0.39, 0.29) is 0 Å². The van der Waals surface area contributed by atoms with Crippen LogP contribution in [0.15, 0.2) is 30.9 Å². The molecule has 0 aliphatic rings. The van der Waals surface area contributed by atoms with Gasteiger partial charge < -0.3 is 19.5 Å². The molecule has 0 heterocycles. The highest BCUT2D eigenvalue weighted by molar-refractivity contribution is 5.42. The van der Waals surface area contributed by atoms with E-state index in [2.05, 4.69) is 11.9 Å². The summed E-state index contributed by atoms with van der Waals surface area (Å²) in [7, 11) is 1.64. The van der Waals surface area contributed by atoms with Crippen molar-refractivity contribution < 1.29 is 14.2 Å². The number of benzene rings is 1. The van der Waals surface area contributed by atoms with E-state index in [0.29, 0.717) is 19.8 Å². The average Bonchev–Trinajstić information content (AvgIpc) is 2.44. The van der Waals surface area contributed by atoms with Crippen LogP contribution in [0.25, 0.3) is 0 Å². The van der Waals surface area contributed by atoms with Gasteiger partial charge in [-0.05, 0) is 24.6 Å². The van der Waals surface area contributed by atoms with Crippen LogP contribution in [0.4, 0.5) is 0 Å². The van der Waals surface area contributed by atoms with Crippen molar-refractivity contribution in [1.82, 2.24) is 5.32 Å². The van der Waals surface area contributed by atoms with Gasteiger partial charge in [-0.25, -0.2) is 0 Å². The van der Waals surface area contributed by atoms with E-state index in [9.17, 15) is 0 Å². The van der Waals surface area contributed by atoms with Gasteiger partial charge in [0, 0.05) is 19.7 Å². The lowest BCUT2D eigenvalue weighted by atomic mass is 10.2. The molecule has 4 heteroatoms. The van der Waals surface area contributed by atoms with E-state index in [4.69, 9.17) is 14.2 Å². The Morgan fingerprint density at radius 3 is 2.79 bits per heavy atom. The fraction of sp³-hybridized carbons (Fsp3) is 0.467. The van der Waals surface area contributed by atoms with Crippen molar-refractivity contribution in [3.05, 3.63) is 36.4 Å². The third-order valence-corrected chi connectivity index (χ3v) is 2.54. The summed E-state index contributed by atoms with van der Waals surface area (Å²) in [5.41, 5.74) is 1.15. The van der Waals surface area contributed by atoms with Gasteiger partial charge in [0.15, 0.2) is 11.5 Å². The van der Waals surface area contributed by atoms with Crippen LogP contribution in [0.2, 0.25) is 0 Å². The molecular weight excluding hydrogens is 242 g/mol. The molecule has 1 aromatic carbocycles. The summed E-state index contributed by atoms with van der Waals surface area (Å²) in [5, 5.41) is 3.25. The summed E-state index contributed by atoms with van der Waals surface area (Å²) in [6, 6.07) is 5.93. The maximum absolute atomic E-state index is 5.62. The standard InChI is InChI=1S/C15H23NO3/c1-4-8-16-12-13-6-7-14(15(11-13)17-3)19-10-9-18-5-2/h4,6-7,11,16H,1,5,8-10,12H2,2-3H3. The molecule has 1 aromatic rings. The predicted molar refractivity (Wildman–Crippen MR) is 76.9 cm³/mol. The second kappa shape index (κ2) is 9.42. The zero-order valence-corrected chi connectivity index (χ0v) is 11.8. The first-order valence-corrected chi connectivity index (χ1v) is 6.50. The van der Waals surface area contributed by atoms with E-state index >= 15 is 0 Å². The zero-order valence-electron chi connectivity index (χ0n) is 11.8. The Morgan fingerprint density at radius 2 is 2.11 bits per heavy atom. The average molecular weight is 265 g/mol. The molecule has 1 N–H and O–H groups in total. The van der Waals surface area contributed by atoms with Crippen molar-refractivity contribution in [3.8, 4) is 11.5 Å². The van der Waals surface area contributed by atoms with Gasteiger partial charge in [0.05, 0.1) is 13.7 Å². The van der Waals surface area contributed by atoms with Crippen molar-refractivity contribution >= 4 is 0 Å². The number of hydrogen-bond donors (Lipinski definition) is 1. The molecule has 0 aromatic heterocycles.